The van der Waals surface area contributed by atoms with Crippen LogP contribution in [0.15, 0.2) is 16.9 Å². The van der Waals surface area contributed by atoms with E-state index in [1.807, 2.05) is 0 Å². The monoisotopic (exact) mass is 363 g/mol. The Balaban J connectivity index is 1.85. The van der Waals surface area contributed by atoms with Crippen molar-refractivity contribution >= 4 is 0 Å². The molecule has 1 aromatic carbocycles. The Labute approximate surface area is 137 Å². The molecule has 1 aliphatic heterocycles. The van der Waals surface area contributed by atoms with Crippen LogP contribution in [-0.2, 0) is 25.7 Å². The number of aromatic amines is 1. The van der Waals surface area contributed by atoms with Gasteiger partial charge in [-0.1, -0.05) is 0 Å². The van der Waals surface area contributed by atoms with Gasteiger partial charge in [-0.05, 0) is 6.07 Å². The summed E-state index contributed by atoms with van der Waals surface area (Å²) in [4.78, 5) is 18.6. The van der Waals surface area contributed by atoms with Crippen molar-refractivity contribution in [2.24, 2.45) is 0 Å². The summed E-state index contributed by atoms with van der Waals surface area (Å²) in [6.45, 7) is -0.00361. The average Bonchev–Trinajstić information content (AvgIpc) is 2.52. The first kappa shape index (κ1) is 17.5. The van der Waals surface area contributed by atoms with Crippen LogP contribution in [0.3, 0.4) is 0 Å². The summed E-state index contributed by atoms with van der Waals surface area (Å²) in [5, 5.41) is 0. The summed E-state index contributed by atoms with van der Waals surface area (Å²) >= 11 is 0. The number of fused-ring (bicyclic) bond motifs is 1. The molecule has 0 atom stereocenters. The molecular weight excluding hydrogens is 352 g/mol. The molecule has 2 heterocycles. The van der Waals surface area contributed by atoms with Gasteiger partial charge in [-0.15, -0.1) is 0 Å². The maximum atomic E-state index is 13.7. The Hall–Kier alpha value is -2.36. The van der Waals surface area contributed by atoms with E-state index in [9.17, 15) is 31.1 Å². The van der Waals surface area contributed by atoms with Gasteiger partial charge in [0.15, 0.2) is 11.6 Å². The number of aromatic nitrogens is 2. The molecule has 0 bridgehead atoms. The van der Waals surface area contributed by atoms with Gasteiger partial charge in [-0.3, -0.25) is 9.69 Å². The molecule has 1 aliphatic rings. The Morgan fingerprint density at radius 3 is 2.48 bits per heavy atom. The van der Waals surface area contributed by atoms with Gasteiger partial charge in [-0.2, -0.15) is 13.2 Å². The lowest BCUT2D eigenvalue weighted by atomic mass is 10.1. The molecule has 1 N–H and O–H groups in total. The molecule has 2 aromatic rings. The van der Waals surface area contributed by atoms with Gasteiger partial charge >= 0.3 is 6.18 Å². The van der Waals surface area contributed by atoms with E-state index >= 15 is 0 Å². The zero-order valence-electron chi connectivity index (χ0n) is 12.6. The van der Waals surface area contributed by atoms with Crippen LogP contribution in [0.4, 0.5) is 26.3 Å². The fourth-order valence-electron chi connectivity index (χ4n) is 2.68. The van der Waals surface area contributed by atoms with E-state index < -0.39 is 35.0 Å². The molecule has 25 heavy (non-hydrogen) atoms. The van der Waals surface area contributed by atoms with Gasteiger partial charge < -0.3 is 4.98 Å². The van der Waals surface area contributed by atoms with Crippen LogP contribution in [0.5, 0.6) is 0 Å². The Morgan fingerprint density at radius 2 is 1.80 bits per heavy atom. The van der Waals surface area contributed by atoms with E-state index in [1.165, 1.54) is 0 Å². The van der Waals surface area contributed by atoms with Gasteiger partial charge in [0, 0.05) is 37.7 Å². The summed E-state index contributed by atoms with van der Waals surface area (Å²) in [5.41, 5.74) is -0.966. The first-order valence-electron chi connectivity index (χ1n) is 7.20. The Kier molecular flexibility index (Phi) is 4.31. The van der Waals surface area contributed by atoms with Crippen molar-refractivity contribution in [1.29, 1.82) is 0 Å². The number of halogens is 6. The minimum Gasteiger partial charge on any atom is -0.303 e. The van der Waals surface area contributed by atoms with Gasteiger partial charge in [0.05, 0.1) is 11.3 Å². The van der Waals surface area contributed by atoms with Crippen LogP contribution in [0, 0.1) is 17.5 Å². The molecule has 10 heteroatoms. The zero-order chi connectivity index (χ0) is 18.4. The number of nitrogens with zero attached hydrogens (tertiary/aromatic N) is 2. The second kappa shape index (κ2) is 6.17. The minimum atomic E-state index is -4.76. The zero-order valence-corrected chi connectivity index (χ0v) is 12.6. The van der Waals surface area contributed by atoms with Crippen LogP contribution in [-0.4, -0.2) is 21.4 Å². The lowest BCUT2D eigenvalue weighted by Crippen LogP contribution is -2.36. The first-order valence-corrected chi connectivity index (χ1v) is 7.20. The van der Waals surface area contributed by atoms with Gasteiger partial charge in [0.1, 0.15) is 5.82 Å². The van der Waals surface area contributed by atoms with Crippen molar-refractivity contribution in [1.82, 2.24) is 14.9 Å². The third-order valence-electron chi connectivity index (χ3n) is 3.90. The average molecular weight is 363 g/mol. The third-order valence-corrected chi connectivity index (χ3v) is 3.90. The predicted octanol–water partition coefficient (Wildman–Crippen LogP) is 2.76. The maximum absolute atomic E-state index is 13.7. The molecule has 0 saturated heterocycles. The predicted molar refractivity (Wildman–Crippen MR) is 74.0 cm³/mol. The number of hydrogen-bond acceptors (Lipinski definition) is 3. The van der Waals surface area contributed by atoms with E-state index in [0.29, 0.717) is 6.07 Å². The molecule has 0 aliphatic carbocycles. The highest BCUT2D eigenvalue weighted by Gasteiger charge is 2.36. The van der Waals surface area contributed by atoms with Crippen molar-refractivity contribution < 1.29 is 26.3 Å². The number of benzene rings is 1. The van der Waals surface area contributed by atoms with Gasteiger partial charge in [-0.25, -0.2) is 18.2 Å². The van der Waals surface area contributed by atoms with Crippen molar-refractivity contribution in [2.45, 2.75) is 25.7 Å². The molecule has 1 aromatic heterocycles. The van der Waals surface area contributed by atoms with Crippen molar-refractivity contribution in [3.8, 4) is 0 Å². The second-order valence-electron chi connectivity index (χ2n) is 5.66. The molecule has 134 valence electrons. The van der Waals surface area contributed by atoms with E-state index in [4.69, 9.17) is 0 Å². The minimum absolute atomic E-state index is 0.0260. The molecule has 0 amide bonds. The van der Waals surface area contributed by atoms with E-state index in [0.717, 1.165) is 6.07 Å². The number of alkyl halides is 3. The third kappa shape index (κ3) is 3.53. The number of hydrogen-bond donors (Lipinski definition) is 1. The van der Waals surface area contributed by atoms with Gasteiger partial charge in [0.25, 0.3) is 5.56 Å². The summed E-state index contributed by atoms with van der Waals surface area (Å²) in [6.07, 6.45) is -4.71. The van der Waals surface area contributed by atoms with Crippen molar-refractivity contribution in [3.63, 3.8) is 0 Å². The Morgan fingerprint density at radius 1 is 1.12 bits per heavy atom. The lowest BCUT2D eigenvalue weighted by Gasteiger charge is -2.28. The fraction of sp³-hybridized carbons (Fsp3) is 0.333. The van der Waals surface area contributed by atoms with Gasteiger partial charge in [0.2, 0.25) is 5.82 Å². The highest BCUT2D eigenvalue weighted by molar-refractivity contribution is 5.24. The Bertz CT molecular complexity index is 877. The quantitative estimate of drug-likeness (QED) is 0.659. The molecule has 3 rings (SSSR count). The molecule has 4 nitrogen and oxygen atoms in total. The van der Waals surface area contributed by atoms with Crippen molar-refractivity contribution in [2.75, 3.05) is 6.54 Å². The van der Waals surface area contributed by atoms with Crippen molar-refractivity contribution in [3.05, 3.63) is 62.6 Å². The number of H-pyrrole nitrogens is 1. The molecule has 0 radical (unpaired) electrons. The summed E-state index contributed by atoms with van der Waals surface area (Å²) < 4.78 is 77.9. The summed E-state index contributed by atoms with van der Waals surface area (Å²) in [6, 6.07) is 1.14. The maximum Gasteiger partial charge on any atom is 0.449 e. The van der Waals surface area contributed by atoms with Crippen LogP contribution < -0.4 is 5.56 Å². The topological polar surface area (TPSA) is 49.0 Å². The second-order valence-corrected chi connectivity index (χ2v) is 5.66. The highest BCUT2D eigenvalue weighted by atomic mass is 19.4. The summed E-state index contributed by atoms with van der Waals surface area (Å²) in [7, 11) is 0. The highest BCUT2D eigenvalue weighted by Crippen LogP contribution is 2.27. The smallest absolute Gasteiger partial charge is 0.303 e. The first-order chi connectivity index (χ1) is 11.6. The SMILES string of the molecule is O=c1[nH]c(C(F)(F)F)nc2c1CN(Cc1cc(F)c(F)cc1F)CC2. The largest absolute Gasteiger partial charge is 0.449 e. The number of nitrogens with one attached hydrogen (secondary N) is 1. The molecule has 0 unspecified atom stereocenters. The molecule has 0 fully saturated rings. The van der Waals surface area contributed by atoms with E-state index in [-0.39, 0.29) is 42.9 Å². The standard InChI is InChI=1S/C15H11F6N3O/c16-9-4-11(18)10(17)3-7(9)5-24-2-1-12-8(6-24)13(25)23-14(22-12)15(19,20)21/h3-4H,1-2,5-6H2,(H,22,23,25). The van der Waals surface area contributed by atoms with Crippen LogP contribution in [0.25, 0.3) is 0 Å². The fourth-order valence-corrected chi connectivity index (χ4v) is 2.68. The normalized spacial score (nSPS) is 15.3. The van der Waals surface area contributed by atoms with Crippen LogP contribution >= 0.6 is 0 Å². The molecule has 0 saturated carbocycles. The number of rotatable bonds is 2. The summed E-state index contributed by atoms with van der Waals surface area (Å²) in [5.74, 6) is -4.82. The van der Waals surface area contributed by atoms with E-state index in [1.54, 1.807) is 9.88 Å². The molecular formula is C15H11F6N3O. The lowest BCUT2D eigenvalue weighted by molar-refractivity contribution is -0.145. The van der Waals surface area contributed by atoms with Crippen LogP contribution in [0.2, 0.25) is 0 Å². The van der Waals surface area contributed by atoms with E-state index in [2.05, 4.69) is 4.98 Å². The molecule has 0 spiro atoms. The van der Waals surface area contributed by atoms with Crippen LogP contribution in [0.1, 0.15) is 22.6 Å².